The average Bonchev–Trinajstić information content (AvgIpc) is 3.95. The molecule has 0 aliphatic carbocycles. The van der Waals surface area contributed by atoms with Crippen molar-refractivity contribution in [2.24, 2.45) is 0 Å². The molecule has 66 heavy (non-hydrogen) atoms. The van der Waals surface area contributed by atoms with Crippen LogP contribution in [0.1, 0.15) is 11.1 Å². The molecule has 0 fully saturated rings. The third-order valence-electron chi connectivity index (χ3n) is 12.9. The van der Waals surface area contributed by atoms with Gasteiger partial charge in [0.15, 0.2) is 0 Å². The Morgan fingerprint density at radius 2 is 0.545 bits per heavy atom. The fourth-order valence-corrected chi connectivity index (χ4v) is 14.6. The zero-order chi connectivity index (χ0) is 44.1. The Labute approximate surface area is 397 Å². The van der Waals surface area contributed by atoms with Crippen molar-refractivity contribution in [3.8, 4) is 33.4 Å². The maximum absolute atomic E-state index is 2.36. The van der Waals surface area contributed by atoms with Crippen LogP contribution in [0, 0.1) is 13.8 Å². The molecule has 0 unspecified atom stereocenters. The Balaban J connectivity index is 0.844. The summed E-state index contributed by atoms with van der Waals surface area (Å²) in [4.78, 5) is 4.72. The molecule has 2 heterocycles. The van der Waals surface area contributed by atoms with E-state index in [1.807, 2.05) is 0 Å². The summed E-state index contributed by atoms with van der Waals surface area (Å²) in [5.41, 5.74) is 16.8. The predicted octanol–water partition coefficient (Wildman–Crippen LogP) is 17.0. The summed E-state index contributed by atoms with van der Waals surface area (Å²) in [6, 6.07) is 85.3. The number of hydrogen-bond donors (Lipinski definition) is 0. The van der Waals surface area contributed by atoms with Gasteiger partial charge in [0.1, 0.15) is 0 Å². The molecule has 0 spiro atoms. The monoisotopic (exact) mass is 976 g/mol. The molecule has 2 nitrogen and oxygen atoms in total. The van der Waals surface area contributed by atoms with Crippen LogP contribution in [-0.4, -0.2) is 29.0 Å². The Morgan fingerprint density at radius 1 is 0.258 bits per heavy atom. The first kappa shape index (κ1) is 40.4. The number of hydrogen-bond acceptors (Lipinski definition) is 2. The summed E-state index contributed by atoms with van der Waals surface area (Å²) >= 11 is 0.588. The number of fused-ring (bicyclic) bond motifs is 6. The van der Waals surface area contributed by atoms with Crippen molar-refractivity contribution in [3.63, 3.8) is 0 Å². The van der Waals surface area contributed by atoms with E-state index in [2.05, 4.69) is 254 Å². The molecule has 12 aromatic rings. The molecule has 0 N–H and O–H groups in total. The summed E-state index contributed by atoms with van der Waals surface area (Å²) < 4.78 is 5.90. The van der Waals surface area contributed by atoms with E-state index in [1.165, 1.54) is 83.1 Å². The second kappa shape index (κ2) is 17.0. The van der Waals surface area contributed by atoms with Crippen molar-refractivity contribution < 1.29 is 0 Å². The standard InChI is InChI=1S/C62H44N2Se2/c1-41-17-29-47(30-18-41)63(51-37-25-45(26-38-51)53-11-7-13-57-55-9-3-5-15-59(55)65-61(53)57)49-33-21-43(22-34-49)44-23-35-50(36-24-44)64(48-31-19-42(2)20-32-48)52-39-27-46(28-40-52)54-12-8-14-58-56-10-4-6-16-60(56)66-62(54)58/h3-40H,1-2H3. The van der Waals surface area contributed by atoms with Gasteiger partial charge in [-0.2, -0.15) is 0 Å². The van der Waals surface area contributed by atoms with Gasteiger partial charge in [0, 0.05) is 0 Å². The van der Waals surface area contributed by atoms with E-state index in [0.717, 1.165) is 34.1 Å². The zero-order valence-electron chi connectivity index (χ0n) is 36.7. The van der Waals surface area contributed by atoms with Crippen LogP contribution in [0.15, 0.2) is 231 Å². The van der Waals surface area contributed by atoms with Gasteiger partial charge < -0.3 is 0 Å². The van der Waals surface area contributed by atoms with Crippen molar-refractivity contribution in [3.05, 3.63) is 242 Å². The van der Waals surface area contributed by atoms with E-state index < -0.39 is 0 Å². The summed E-state index contributed by atoms with van der Waals surface area (Å²) in [6.07, 6.45) is 0. The SMILES string of the molecule is Cc1ccc(N(c2ccc(-c3ccc(N(c4ccc(C)cc4)c4ccc(-c5cccc6c5[se]c5ccccc56)cc4)cc3)cc2)c2ccc(-c3cccc4c3[se]c3ccccc34)cc2)cc1. The molecule has 0 saturated heterocycles. The van der Waals surface area contributed by atoms with Gasteiger partial charge in [-0.15, -0.1) is 0 Å². The summed E-state index contributed by atoms with van der Waals surface area (Å²) in [5.74, 6) is 0. The average molecular weight is 975 g/mol. The molecule has 0 aliphatic rings. The number of aryl methyl sites for hydroxylation is 2. The fraction of sp³-hybridized carbons (Fsp3) is 0.0323. The molecule has 314 valence electrons. The number of nitrogens with zero attached hydrogens (tertiary/aromatic N) is 2. The molecule has 0 saturated carbocycles. The van der Waals surface area contributed by atoms with Gasteiger partial charge in [-0.05, 0) is 0 Å². The zero-order valence-corrected chi connectivity index (χ0v) is 40.1. The molecule has 0 aliphatic heterocycles. The van der Waals surface area contributed by atoms with Crippen LogP contribution in [0.25, 0.3) is 72.0 Å². The van der Waals surface area contributed by atoms with Gasteiger partial charge in [0.25, 0.3) is 0 Å². The minimum atomic E-state index is 0.294. The van der Waals surface area contributed by atoms with Crippen LogP contribution in [0.2, 0.25) is 0 Å². The second-order valence-electron chi connectivity index (χ2n) is 17.1. The van der Waals surface area contributed by atoms with Crippen LogP contribution in [0.4, 0.5) is 34.1 Å². The molecular weight excluding hydrogens is 931 g/mol. The summed E-state index contributed by atoms with van der Waals surface area (Å²) in [6.45, 7) is 4.29. The first-order valence-electron chi connectivity index (χ1n) is 22.5. The molecule has 0 radical (unpaired) electrons. The van der Waals surface area contributed by atoms with Crippen LogP contribution < -0.4 is 9.80 Å². The van der Waals surface area contributed by atoms with Gasteiger partial charge in [-0.25, -0.2) is 0 Å². The van der Waals surface area contributed by atoms with Gasteiger partial charge in [-0.1, -0.05) is 0 Å². The van der Waals surface area contributed by atoms with E-state index in [4.69, 9.17) is 0 Å². The molecule has 10 aromatic carbocycles. The third kappa shape index (κ3) is 7.39. The molecule has 0 amide bonds. The summed E-state index contributed by atoms with van der Waals surface area (Å²) in [5, 5.41) is 5.55. The van der Waals surface area contributed by atoms with E-state index in [1.54, 1.807) is 0 Å². The third-order valence-corrected chi connectivity index (χ3v) is 18.0. The van der Waals surface area contributed by atoms with Gasteiger partial charge in [0.05, 0.1) is 0 Å². The minimum absolute atomic E-state index is 0.294. The first-order valence-corrected chi connectivity index (χ1v) is 25.9. The van der Waals surface area contributed by atoms with E-state index in [0.29, 0.717) is 29.0 Å². The maximum atomic E-state index is 2.36. The van der Waals surface area contributed by atoms with Crippen LogP contribution >= 0.6 is 0 Å². The normalized spacial score (nSPS) is 11.5. The second-order valence-corrected chi connectivity index (χ2v) is 21.5. The van der Waals surface area contributed by atoms with E-state index >= 15 is 0 Å². The van der Waals surface area contributed by atoms with E-state index in [-0.39, 0.29) is 0 Å². The molecule has 0 bridgehead atoms. The van der Waals surface area contributed by atoms with Crippen LogP contribution in [0.3, 0.4) is 0 Å². The quantitative estimate of drug-likeness (QED) is 0.133. The molecule has 4 heteroatoms. The molecular formula is C62H44N2Se2. The van der Waals surface area contributed by atoms with Crippen molar-refractivity contribution in [1.82, 2.24) is 0 Å². The van der Waals surface area contributed by atoms with Crippen LogP contribution in [-0.2, 0) is 0 Å². The molecule has 12 rings (SSSR count). The van der Waals surface area contributed by atoms with Gasteiger partial charge in [-0.3, -0.25) is 0 Å². The number of benzene rings is 10. The van der Waals surface area contributed by atoms with Gasteiger partial charge in [0.2, 0.25) is 0 Å². The predicted molar refractivity (Wildman–Crippen MR) is 285 cm³/mol. The Bertz CT molecular complexity index is 3430. The van der Waals surface area contributed by atoms with Crippen molar-refractivity contribution >= 4 is 102 Å². The molecule has 2 aromatic heterocycles. The van der Waals surface area contributed by atoms with Crippen LogP contribution in [0.5, 0.6) is 0 Å². The first-order chi connectivity index (χ1) is 32.5. The fourth-order valence-electron chi connectivity index (χ4n) is 9.42. The van der Waals surface area contributed by atoms with Crippen molar-refractivity contribution in [2.45, 2.75) is 13.8 Å². The Kier molecular flexibility index (Phi) is 10.4. The molecule has 0 atom stereocenters. The topological polar surface area (TPSA) is 6.48 Å². The summed E-state index contributed by atoms with van der Waals surface area (Å²) in [7, 11) is 0. The number of anilines is 6. The van der Waals surface area contributed by atoms with Crippen molar-refractivity contribution in [2.75, 3.05) is 9.80 Å². The number of rotatable bonds is 9. The van der Waals surface area contributed by atoms with Gasteiger partial charge >= 0.3 is 400 Å². The Morgan fingerprint density at radius 3 is 0.894 bits per heavy atom. The van der Waals surface area contributed by atoms with Crippen molar-refractivity contribution in [1.29, 1.82) is 0 Å². The Hall–Kier alpha value is -7.16. The van der Waals surface area contributed by atoms with E-state index in [9.17, 15) is 0 Å².